The Labute approximate surface area is 140 Å². The lowest BCUT2D eigenvalue weighted by Gasteiger charge is -2.26. The molecular formula is C16H21ClFN3O2. The van der Waals surface area contributed by atoms with Crippen LogP contribution >= 0.6 is 12.4 Å². The summed E-state index contributed by atoms with van der Waals surface area (Å²) in [5, 5.41) is 5.36. The average molecular weight is 342 g/mol. The molecule has 1 heterocycles. The van der Waals surface area contributed by atoms with Crippen molar-refractivity contribution in [1.82, 2.24) is 0 Å². The molecule has 0 aromatic heterocycles. The van der Waals surface area contributed by atoms with Crippen LogP contribution in [0.3, 0.4) is 0 Å². The summed E-state index contributed by atoms with van der Waals surface area (Å²) in [5.74, 6) is -0.928. The standard InChI is InChI=1S/C16H20FN3O2.ClH/c17-12-7-9-4-5-15(21)19-13(9)8-14(12)20-16(22)10-2-1-3-11(18)6-10;/h7-8,10-11H,1-6,18H2,(H,19,21)(H,20,22);1H. The third-order valence-electron chi connectivity index (χ3n) is 4.43. The molecule has 5 nitrogen and oxygen atoms in total. The largest absolute Gasteiger partial charge is 0.328 e. The highest BCUT2D eigenvalue weighted by Crippen LogP contribution is 2.30. The first-order valence-corrected chi connectivity index (χ1v) is 7.71. The molecule has 4 N–H and O–H groups in total. The molecule has 1 aliphatic carbocycles. The number of nitrogens with one attached hydrogen (secondary N) is 2. The van der Waals surface area contributed by atoms with Crippen molar-refractivity contribution in [1.29, 1.82) is 0 Å². The third-order valence-corrected chi connectivity index (χ3v) is 4.43. The van der Waals surface area contributed by atoms with Gasteiger partial charge in [0.25, 0.3) is 0 Å². The van der Waals surface area contributed by atoms with E-state index in [1.54, 1.807) is 0 Å². The number of anilines is 2. The Morgan fingerprint density at radius 1 is 1.30 bits per heavy atom. The van der Waals surface area contributed by atoms with Crippen molar-refractivity contribution in [2.24, 2.45) is 11.7 Å². The number of aryl methyl sites for hydroxylation is 1. The minimum absolute atomic E-state index is 0. The first-order valence-electron chi connectivity index (χ1n) is 7.71. The van der Waals surface area contributed by atoms with Gasteiger partial charge in [-0.3, -0.25) is 9.59 Å². The lowest BCUT2D eigenvalue weighted by Crippen LogP contribution is -2.34. The van der Waals surface area contributed by atoms with Gasteiger partial charge in [0.05, 0.1) is 5.69 Å². The van der Waals surface area contributed by atoms with E-state index in [-0.39, 0.29) is 41.9 Å². The molecule has 1 saturated carbocycles. The quantitative estimate of drug-likeness (QED) is 0.773. The van der Waals surface area contributed by atoms with Gasteiger partial charge in [-0.05, 0) is 43.4 Å². The van der Waals surface area contributed by atoms with Gasteiger partial charge in [0.1, 0.15) is 5.82 Å². The maximum absolute atomic E-state index is 14.1. The van der Waals surface area contributed by atoms with Crippen molar-refractivity contribution in [3.8, 4) is 0 Å². The van der Waals surface area contributed by atoms with E-state index >= 15 is 0 Å². The minimum atomic E-state index is -0.469. The van der Waals surface area contributed by atoms with Crippen LogP contribution in [0.2, 0.25) is 0 Å². The summed E-state index contributed by atoms with van der Waals surface area (Å²) < 4.78 is 14.1. The second-order valence-corrected chi connectivity index (χ2v) is 6.15. The van der Waals surface area contributed by atoms with Crippen molar-refractivity contribution >= 4 is 35.6 Å². The number of nitrogens with two attached hydrogens (primary N) is 1. The number of carbonyl (C=O) groups excluding carboxylic acids is 2. The van der Waals surface area contributed by atoms with Gasteiger partial charge in [0.2, 0.25) is 11.8 Å². The molecule has 0 spiro atoms. The fraction of sp³-hybridized carbons (Fsp3) is 0.500. The van der Waals surface area contributed by atoms with Crippen molar-refractivity contribution in [3.63, 3.8) is 0 Å². The summed E-state index contributed by atoms with van der Waals surface area (Å²) >= 11 is 0. The van der Waals surface area contributed by atoms with Crippen molar-refractivity contribution in [2.75, 3.05) is 10.6 Å². The molecule has 23 heavy (non-hydrogen) atoms. The smallest absolute Gasteiger partial charge is 0.227 e. The second kappa shape index (κ2) is 7.27. The lowest BCUT2D eigenvalue weighted by molar-refractivity contribution is -0.121. The fourth-order valence-corrected chi connectivity index (χ4v) is 3.19. The van der Waals surface area contributed by atoms with Crippen LogP contribution in [0.1, 0.15) is 37.7 Å². The van der Waals surface area contributed by atoms with Gasteiger partial charge in [-0.25, -0.2) is 4.39 Å². The maximum atomic E-state index is 14.1. The average Bonchev–Trinajstić information content (AvgIpc) is 2.48. The molecule has 1 aromatic carbocycles. The third kappa shape index (κ3) is 4.00. The van der Waals surface area contributed by atoms with E-state index in [9.17, 15) is 14.0 Å². The Morgan fingerprint density at radius 2 is 2.09 bits per heavy atom. The van der Waals surface area contributed by atoms with Crippen molar-refractivity contribution in [2.45, 2.75) is 44.6 Å². The number of rotatable bonds is 2. The molecule has 0 bridgehead atoms. The van der Waals surface area contributed by atoms with Gasteiger partial charge in [-0.2, -0.15) is 0 Å². The van der Waals surface area contributed by atoms with Gasteiger partial charge in [0, 0.05) is 24.1 Å². The molecule has 0 saturated heterocycles. The first kappa shape index (κ1) is 17.7. The normalized spacial score (nSPS) is 23.3. The lowest BCUT2D eigenvalue weighted by atomic mass is 9.85. The molecule has 7 heteroatoms. The predicted octanol–water partition coefficient (Wildman–Crippen LogP) is 2.59. The van der Waals surface area contributed by atoms with E-state index in [0.717, 1.165) is 24.8 Å². The van der Waals surface area contributed by atoms with E-state index < -0.39 is 5.82 Å². The van der Waals surface area contributed by atoms with Crippen molar-refractivity contribution in [3.05, 3.63) is 23.5 Å². The number of fused-ring (bicyclic) bond motifs is 1. The van der Waals surface area contributed by atoms with Gasteiger partial charge < -0.3 is 16.4 Å². The Bertz CT molecular complexity index is 624. The number of amides is 2. The SMILES string of the molecule is Cl.NC1CCCC(C(=O)Nc2cc3c(cc2F)CCC(=O)N3)C1. The Morgan fingerprint density at radius 3 is 2.83 bits per heavy atom. The monoisotopic (exact) mass is 341 g/mol. The highest BCUT2D eigenvalue weighted by atomic mass is 35.5. The topological polar surface area (TPSA) is 84.2 Å². The Kier molecular flexibility index (Phi) is 5.59. The zero-order valence-electron chi connectivity index (χ0n) is 12.7. The number of hydrogen-bond donors (Lipinski definition) is 3. The maximum Gasteiger partial charge on any atom is 0.227 e. The van der Waals surface area contributed by atoms with E-state index in [4.69, 9.17) is 5.73 Å². The molecule has 2 aliphatic rings. The molecule has 2 amide bonds. The zero-order valence-corrected chi connectivity index (χ0v) is 13.5. The zero-order chi connectivity index (χ0) is 15.7. The van der Waals surface area contributed by atoms with Crippen LogP contribution in [0.25, 0.3) is 0 Å². The van der Waals surface area contributed by atoms with Crippen LogP contribution in [0.5, 0.6) is 0 Å². The first-order chi connectivity index (χ1) is 10.5. The van der Waals surface area contributed by atoms with Gasteiger partial charge in [-0.15, -0.1) is 12.4 Å². The molecule has 1 fully saturated rings. The summed E-state index contributed by atoms with van der Waals surface area (Å²) in [6.07, 6.45) is 4.14. The number of carbonyl (C=O) groups is 2. The van der Waals surface area contributed by atoms with Gasteiger partial charge in [-0.1, -0.05) is 6.42 Å². The van der Waals surface area contributed by atoms with Crippen LogP contribution in [0.4, 0.5) is 15.8 Å². The summed E-state index contributed by atoms with van der Waals surface area (Å²) in [5.41, 5.74) is 7.34. The summed E-state index contributed by atoms with van der Waals surface area (Å²) in [7, 11) is 0. The summed E-state index contributed by atoms with van der Waals surface area (Å²) in [6, 6.07) is 2.93. The number of halogens is 2. The second-order valence-electron chi connectivity index (χ2n) is 6.15. The molecular weight excluding hydrogens is 321 g/mol. The van der Waals surface area contributed by atoms with Crippen LogP contribution < -0.4 is 16.4 Å². The molecule has 3 rings (SSSR count). The highest BCUT2D eigenvalue weighted by molar-refractivity contribution is 5.97. The fourth-order valence-electron chi connectivity index (χ4n) is 3.19. The van der Waals surface area contributed by atoms with Crippen LogP contribution in [-0.4, -0.2) is 17.9 Å². The molecule has 1 aromatic rings. The number of benzene rings is 1. The minimum Gasteiger partial charge on any atom is -0.328 e. The number of hydrogen-bond acceptors (Lipinski definition) is 3. The van der Waals surface area contributed by atoms with Crippen LogP contribution in [-0.2, 0) is 16.0 Å². The molecule has 2 unspecified atom stereocenters. The van der Waals surface area contributed by atoms with Gasteiger partial charge in [0.15, 0.2) is 0 Å². The highest BCUT2D eigenvalue weighted by Gasteiger charge is 2.26. The molecule has 2 atom stereocenters. The van der Waals surface area contributed by atoms with E-state index in [1.807, 2.05) is 0 Å². The summed E-state index contributed by atoms with van der Waals surface area (Å²) in [4.78, 5) is 23.7. The Hall–Kier alpha value is -1.66. The predicted molar refractivity (Wildman–Crippen MR) is 89.2 cm³/mol. The van der Waals surface area contributed by atoms with Crippen molar-refractivity contribution < 1.29 is 14.0 Å². The molecule has 0 radical (unpaired) electrons. The molecule has 1 aliphatic heterocycles. The Balaban J connectivity index is 0.00000192. The van der Waals surface area contributed by atoms with Gasteiger partial charge >= 0.3 is 0 Å². The summed E-state index contributed by atoms with van der Waals surface area (Å²) in [6.45, 7) is 0. The van der Waals surface area contributed by atoms with E-state index in [2.05, 4.69) is 10.6 Å². The van der Waals surface area contributed by atoms with E-state index in [0.29, 0.717) is 24.9 Å². The van der Waals surface area contributed by atoms with E-state index in [1.165, 1.54) is 12.1 Å². The van der Waals surface area contributed by atoms with Crippen LogP contribution in [0.15, 0.2) is 12.1 Å². The van der Waals surface area contributed by atoms with Crippen LogP contribution in [0, 0.1) is 11.7 Å². The molecule has 126 valence electrons.